The molecule has 0 aromatic carbocycles. The molecule has 160 valence electrons. The normalized spacial score (nSPS) is 14.9. The summed E-state index contributed by atoms with van der Waals surface area (Å²) in [6, 6.07) is 8.30. The van der Waals surface area contributed by atoms with Crippen LogP contribution in [0.4, 0.5) is 17.2 Å². The third kappa shape index (κ3) is 4.09. The van der Waals surface area contributed by atoms with Crippen LogP contribution in [0.5, 0.6) is 0 Å². The number of aromatic nitrogens is 3. The fourth-order valence-electron chi connectivity index (χ4n) is 3.93. The van der Waals surface area contributed by atoms with Crippen LogP contribution in [-0.2, 0) is 0 Å². The SMILES string of the molecule is C=C(Nc1cncc(C2=CN=CC2)c1)N1CCCNc2ccc(-c3cncc(C)c3)nc21. The molecule has 5 heterocycles. The second kappa shape index (κ2) is 8.63. The molecule has 0 amide bonds. The predicted octanol–water partition coefficient (Wildman–Crippen LogP) is 4.87. The van der Waals surface area contributed by atoms with Gasteiger partial charge in [0.1, 0.15) is 5.82 Å². The van der Waals surface area contributed by atoms with Crippen molar-refractivity contribution in [1.82, 2.24) is 15.0 Å². The van der Waals surface area contributed by atoms with Gasteiger partial charge in [-0.2, -0.15) is 0 Å². The van der Waals surface area contributed by atoms with Crippen LogP contribution in [0.1, 0.15) is 24.0 Å². The molecule has 0 bridgehead atoms. The minimum atomic E-state index is 0.762. The zero-order valence-corrected chi connectivity index (χ0v) is 18.0. The molecule has 2 N–H and O–H groups in total. The van der Waals surface area contributed by atoms with Gasteiger partial charge in [-0.1, -0.05) is 6.58 Å². The highest BCUT2D eigenvalue weighted by Crippen LogP contribution is 2.32. The highest BCUT2D eigenvalue weighted by molar-refractivity contribution is 5.84. The molecule has 0 spiro atoms. The average Bonchev–Trinajstić information content (AvgIpc) is 3.26. The molecule has 0 radical (unpaired) electrons. The van der Waals surface area contributed by atoms with E-state index in [1.165, 1.54) is 0 Å². The second-order valence-corrected chi connectivity index (χ2v) is 7.97. The van der Waals surface area contributed by atoms with E-state index < -0.39 is 0 Å². The maximum absolute atomic E-state index is 4.99. The summed E-state index contributed by atoms with van der Waals surface area (Å²) >= 11 is 0. The van der Waals surface area contributed by atoms with E-state index >= 15 is 0 Å². The zero-order chi connectivity index (χ0) is 21.9. The van der Waals surface area contributed by atoms with Gasteiger partial charge in [-0.15, -0.1) is 0 Å². The van der Waals surface area contributed by atoms with Gasteiger partial charge >= 0.3 is 0 Å². The first-order chi connectivity index (χ1) is 15.7. The van der Waals surface area contributed by atoms with Gasteiger partial charge in [0.2, 0.25) is 0 Å². The minimum absolute atomic E-state index is 0.762. The fraction of sp³-hybridized carbons (Fsp3) is 0.200. The van der Waals surface area contributed by atoms with Crippen LogP contribution in [0, 0.1) is 6.92 Å². The second-order valence-electron chi connectivity index (χ2n) is 7.97. The average molecular weight is 424 g/mol. The van der Waals surface area contributed by atoms with Gasteiger partial charge < -0.3 is 15.5 Å². The number of anilines is 3. The quantitative estimate of drug-likeness (QED) is 0.610. The van der Waals surface area contributed by atoms with Gasteiger partial charge in [-0.3, -0.25) is 15.0 Å². The molecule has 3 aromatic rings. The van der Waals surface area contributed by atoms with Crippen molar-refractivity contribution in [2.75, 3.05) is 28.6 Å². The Morgan fingerprint density at radius 2 is 1.97 bits per heavy atom. The van der Waals surface area contributed by atoms with Crippen LogP contribution in [0.25, 0.3) is 16.8 Å². The topological polar surface area (TPSA) is 78.3 Å². The number of nitrogens with zero attached hydrogens (tertiary/aromatic N) is 5. The monoisotopic (exact) mass is 423 g/mol. The van der Waals surface area contributed by atoms with Crippen molar-refractivity contribution in [2.24, 2.45) is 4.99 Å². The lowest BCUT2D eigenvalue weighted by Gasteiger charge is -2.26. The highest BCUT2D eigenvalue weighted by Gasteiger charge is 2.20. The summed E-state index contributed by atoms with van der Waals surface area (Å²) in [4.78, 5) is 20.0. The van der Waals surface area contributed by atoms with Crippen LogP contribution in [0.3, 0.4) is 0 Å². The molecular weight excluding hydrogens is 398 g/mol. The molecule has 0 saturated carbocycles. The molecule has 3 aromatic heterocycles. The Hall–Kier alpha value is -4.00. The number of fused-ring (bicyclic) bond motifs is 1. The number of hydrogen-bond acceptors (Lipinski definition) is 7. The Labute approximate surface area is 187 Å². The third-order valence-electron chi connectivity index (χ3n) is 5.55. The molecule has 0 atom stereocenters. The molecular formula is C25H25N7. The van der Waals surface area contributed by atoms with Crippen LogP contribution < -0.4 is 15.5 Å². The first-order valence-electron chi connectivity index (χ1n) is 10.7. The summed E-state index contributed by atoms with van der Waals surface area (Å²) in [6.45, 7) is 8.05. The van der Waals surface area contributed by atoms with Crippen molar-refractivity contribution in [2.45, 2.75) is 19.8 Å². The number of aryl methyl sites for hydroxylation is 1. The van der Waals surface area contributed by atoms with Gasteiger partial charge in [-0.05, 0) is 54.3 Å². The first kappa shape index (κ1) is 19.9. The molecule has 0 fully saturated rings. The maximum Gasteiger partial charge on any atom is 0.158 e. The van der Waals surface area contributed by atoms with Crippen LogP contribution in [0.2, 0.25) is 0 Å². The van der Waals surface area contributed by atoms with Gasteiger partial charge in [0, 0.05) is 56.1 Å². The molecule has 2 aliphatic heterocycles. The summed E-state index contributed by atoms with van der Waals surface area (Å²) in [5.74, 6) is 1.62. The molecule has 5 rings (SSSR count). The van der Waals surface area contributed by atoms with Crippen LogP contribution in [0.15, 0.2) is 72.6 Å². The van der Waals surface area contributed by atoms with E-state index in [9.17, 15) is 0 Å². The van der Waals surface area contributed by atoms with Crippen molar-refractivity contribution in [1.29, 1.82) is 0 Å². The number of rotatable bonds is 5. The summed E-state index contributed by atoms with van der Waals surface area (Å²) in [5.41, 5.74) is 7.10. The molecule has 2 aliphatic rings. The van der Waals surface area contributed by atoms with Gasteiger partial charge in [0.25, 0.3) is 0 Å². The highest BCUT2D eigenvalue weighted by atomic mass is 15.3. The number of hydrogen-bond donors (Lipinski definition) is 2. The van der Waals surface area contributed by atoms with E-state index in [1.807, 2.05) is 50.2 Å². The Bertz CT molecular complexity index is 1230. The Kier molecular flexibility index (Phi) is 5.37. The lowest BCUT2D eigenvalue weighted by Crippen LogP contribution is -2.28. The van der Waals surface area contributed by atoms with Crippen molar-refractivity contribution in [3.63, 3.8) is 0 Å². The van der Waals surface area contributed by atoms with E-state index in [4.69, 9.17) is 4.98 Å². The van der Waals surface area contributed by atoms with E-state index in [-0.39, 0.29) is 0 Å². The number of allylic oxidation sites excluding steroid dienone is 1. The van der Waals surface area contributed by atoms with Crippen molar-refractivity contribution in [3.8, 4) is 11.3 Å². The molecule has 7 nitrogen and oxygen atoms in total. The van der Waals surface area contributed by atoms with Crippen LogP contribution >= 0.6 is 0 Å². The smallest absolute Gasteiger partial charge is 0.158 e. The number of nitrogens with one attached hydrogen (secondary N) is 2. The maximum atomic E-state index is 4.99. The fourth-order valence-corrected chi connectivity index (χ4v) is 3.93. The Morgan fingerprint density at radius 3 is 2.81 bits per heavy atom. The van der Waals surface area contributed by atoms with E-state index in [1.54, 1.807) is 0 Å². The third-order valence-corrected chi connectivity index (χ3v) is 5.55. The Morgan fingerprint density at radius 1 is 1.09 bits per heavy atom. The van der Waals surface area contributed by atoms with Crippen LogP contribution in [-0.4, -0.2) is 34.3 Å². The Balaban J connectivity index is 1.43. The van der Waals surface area contributed by atoms with Gasteiger partial charge in [0.05, 0.1) is 23.3 Å². The zero-order valence-electron chi connectivity index (χ0n) is 18.0. The number of aliphatic imine (C=N–C) groups is 1. The molecule has 0 saturated heterocycles. The van der Waals surface area contributed by atoms with Crippen molar-refractivity contribution >= 4 is 29.0 Å². The summed E-state index contributed by atoms with van der Waals surface area (Å²) in [6.07, 6.45) is 13.0. The van der Waals surface area contributed by atoms with E-state index in [0.717, 1.165) is 76.9 Å². The van der Waals surface area contributed by atoms with Crippen molar-refractivity contribution in [3.05, 3.63) is 78.8 Å². The summed E-state index contributed by atoms with van der Waals surface area (Å²) in [7, 11) is 0. The lowest BCUT2D eigenvalue weighted by atomic mass is 10.1. The molecule has 32 heavy (non-hydrogen) atoms. The first-order valence-corrected chi connectivity index (χ1v) is 10.7. The largest absolute Gasteiger partial charge is 0.382 e. The van der Waals surface area contributed by atoms with Crippen molar-refractivity contribution < 1.29 is 0 Å². The standard InChI is InChI=1S/C25H25N7/c1-17-10-21(15-27-12-17)23-4-5-24-25(31-23)32(9-3-7-29-24)18(2)30-22-11-20(14-28-16-22)19-6-8-26-13-19/h4-5,8,10-16,29-30H,2-3,6-7,9H2,1H3. The minimum Gasteiger partial charge on any atom is -0.382 e. The lowest BCUT2D eigenvalue weighted by molar-refractivity contribution is 0.830. The van der Waals surface area contributed by atoms with Gasteiger partial charge in [0.15, 0.2) is 5.82 Å². The van der Waals surface area contributed by atoms with E-state index in [0.29, 0.717) is 0 Å². The molecule has 0 aliphatic carbocycles. The molecule has 7 heteroatoms. The summed E-state index contributed by atoms with van der Waals surface area (Å²) in [5, 5.41) is 6.92. The molecule has 0 unspecified atom stereocenters. The van der Waals surface area contributed by atoms with E-state index in [2.05, 4.69) is 55.3 Å². The number of pyridine rings is 3. The summed E-state index contributed by atoms with van der Waals surface area (Å²) < 4.78 is 0. The predicted molar refractivity (Wildman–Crippen MR) is 131 cm³/mol. The van der Waals surface area contributed by atoms with Gasteiger partial charge in [-0.25, -0.2) is 4.98 Å².